The average molecular weight is 481 g/mol. The van der Waals surface area contributed by atoms with E-state index in [0.717, 1.165) is 6.07 Å². The molecule has 1 aliphatic heterocycles. The number of nitrogens with one attached hydrogen (secondary N) is 1. The van der Waals surface area contributed by atoms with Gasteiger partial charge in [0.25, 0.3) is 5.91 Å². The highest BCUT2D eigenvalue weighted by Gasteiger charge is 2.37. The number of amides is 2. The van der Waals surface area contributed by atoms with Crippen molar-refractivity contribution in [3.05, 3.63) is 47.4 Å². The van der Waals surface area contributed by atoms with Crippen molar-refractivity contribution in [2.24, 2.45) is 0 Å². The summed E-state index contributed by atoms with van der Waals surface area (Å²) in [5, 5.41) is 10.7. The molecule has 1 saturated heterocycles. The fourth-order valence-electron chi connectivity index (χ4n) is 2.88. The van der Waals surface area contributed by atoms with Crippen LogP contribution in [0.1, 0.15) is 44.9 Å². The highest BCUT2D eigenvalue weighted by atomic mass is 35.5. The molecule has 0 spiro atoms. The molecule has 0 saturated carbocycles. The highest BCUT2D eigenvalue weighted by molar-refractivity contribution is 6.30. The van der Waals surface area contributed by atoms with Gasteiger partial charge in [-0.1, -0.05) is 18.2 Å². The lowest BCUT2D eigenvalue weighted by Gasteiger charge is -2.37. The van der Waals surface area contributed by atoms with Gasteiger partial charge in [0.1, 0.15) is 17.2 Å². The number of likely N-dealkylation sites (tertiary alicyclic amines) is 1. The number of halogens is 2. The van der Waals surface area contributed by atoms with Gasteiger partial charge in [-0.15, -0.1) is 10.2 Å². The van der Waals surface area contributed by atoms with Gasteiger partial charge in [-0.05, 0) is 39.3 Å². The van der Waals surface area contributed by atoms with Crippen molar-refractivity contribution >= 4 is 29.2 Å². The van der Waals surface area contributed by atoms with Crippen molar-refractivity contribution in [1.29, 1.82) is 0 Å². The molecule has 178 valence electrons. The fourth-order valence-corrected chi connectivity index (χ4v) is 3.00. The molecule has 2 aromatic rings. The van der Waals surface area contributed by atoms with Gasteiger partial charge >= 0.3 is 6.09 Å². The van der Waals surface area contributed by atoms with Crippen LogP contribution in [0.15, 0.2) is 29.2 Å². The summed E-state index contributed by atoms with van der Waals surface area (Å²) in [5.41, 5.74) is 0.0189. The van der Waals surface area contributed by atoms with Crippen LogP contribution >= 0.6 is 11.6 Å². The molecule has 33 heavy (non-hydrogen) atoms. The van der Waals surface area contributed by atoms with Crippen LogP contribution < -0.4 is 10.1 Å². The summed E-state index contributed by atoms with van der Waals surface area (Å²) in [5.74, 6) is -0.135. The molecule has 0 bridgehead atoms. The third-order valence-corrected chi connectivity index (χ3v) is 4.94. The van der Waals surface area contributed by atoms with Gasteiger partial charge in [0.05, 0.1) is 10.9 Å². The summed E-state index contributed by atoms with van der Waals surface area (Å²) in [6.07, 6.45) is 0.0151. The number of hydrogen-bond acceptors (Lipinski definition) is 7. The minimum Gasteiger partial charge on any atom is -0.484 e. The quantitative estimate of drug-likeness (QED) is 0.612. The van der Waals surface area contributed by atoms with E-state index in [0.29, 0.717) is 31.0 Å². The minimum atomic E-state index is -0.621. The van der Waals surface area contributed by atoms with Crippen LogP contribution in [-0.4, -0.2) is 58.9 Å². The van der Waals surface area contributed by atoms with E-state index in [1.807, 2.05) is 20.8 Å². The predicted octanol–water partition coefficient (Wildman–Crippen LogP) is 3.79. The number of ether oxygens (including phenoxy) is 2. The Morgan fingerprint density at radius 3 is 2.73 bits per heavy atom. The van der Waals surface area contributed by atoms with Crippen molar-refractivity contribution < 1.29 is 27.9 Å². The SMILES string of the molecule is C=C(CCNC(=O)COc1ccc(Cl)c(F)c1)c1nnc(C2CN(C(=O)OC(C)(C)C)C2)o1. The van der Waals surface area contributed by atoms with Crippen molar-refractivity contribution in [3.8, 4) is 5.75 Å². The van der Waals surface area contributed by atoms with Gasteiger partial charge in [-0.3, -0.25) is 4.79 Å². The average Bonchev–Trinajstić information content (AvgIpc) is 3.16. The third kappa shape index (κ3) is 6.92. The normalized spacial score (nSPS) is 13.9. The summed E-state index contributed by atoms with van der Waals surface area (Å²) in [7, 11) is 0. The lowest BCUT2D eigenvalue weighted by Crippen LogP contribution is -2.50. The van der Waals surface area contributed by atoms with Crippen LogP contribution in [0.3, 0.4) is 0 Å². The molecule has 0 aliphatic carbocycles. The maximum absolute atomic E-state index is 13.4. The minimum absolute atomic E-state index is 0.0211. The van der Waals surface area contributed by atoms with Gasteiger partial charge in [0, 0.05) is 31.3 Å². The van der Waals surface area contributed by atoms with Crippen LogP contribution in [0.5, 0.6) is 5.75 Å². The van der Waals surface area contributed by atoms with Crippen molar-refractivity contribution in [1.82, 2.24) is 20.4 Å². The Kier molecular flexibility index (Phi) is 7.57. The second kappa shape index (κ2) is 10.2. The van der Waals surface area contributed by atoms with Crippen LogP contribution in [0.4, 0.5) is 9.18 Å². The zero-order chi connectivity index (χ0) is 24.2. The van der Waals surface area contributed by atoms with E-state index in [2.05, 4.69) is 22.1 Å². The van der Waals surface area contributed by atoms with Gasteiger partial charge in [-0.2, -0.15) is 0 Å². The summed E-state index contributed by atoms with van der Waals surface area (Å²) < 4.78 is 29.6. The predicted molar refractivity (Wildman–Crippen MR) is 118 cm³/mol. The molecule has 1 N–H and O–H groups in total. The molecule has 1 aromatic heterocycles. The lowest BCUT2D eigenvalue weighted by molar-refractivity contribution is -0.123. The van der Waals surface area contributed by atoms with Crippen LogP contribution in [0.25, 0.3) is 5.57 Å². The monoisotopic (exact) mass is 480 g/mol. The maximum Gasteiger partial charge on any atom is 0.410 e. The van der Waals surface area contributed by atoms with Crippen molar-refractivity contribution in [3.63, 3.8) is 0 Å². The van der Waals surface area contributed by atoms with E-state index in [-0.39, 0.29) is 47.7 Å². The highest BCUT2D eigenvalue weighted by Crippen LogP contribution is 2.29. The standard InChI is InChI=1S/C22H26ClFN4O5/c1-13(7-8-25-18(29)12-31-15-5-6-16(23)17(24)9-15)19-26-27-20(32-19)14-10-28(11-14)21(30)33-22(2,3)4/h5-6,9,14H,1,7-8,10-12H2,2-4H3,(H,25,29). The zero-order valence-electron chi connectivity index (χ0n) is 18.7. The molecular formula is C22H26ClFN4O5. The van der Waals surface area contributed by atoms with Crippen molar-refractivity contribution in [2.75, 3.05) is 26.2 Å². The first kappa shape index (κ1) is 24.5. The third-order valence-electron chi connectivity index (χ3n) is 4.64. The first-order valence-electron chi connectivity index (χ1n) is 10.4. The Labute approximate surface area is 195 Å². The zero-order valence-corrected chi connectivity index (χ0v) is 19.4. The Morgan fingerprint density at radius 1 is 1.33 bits per heavy atom. The fraction of sp³-hybridized carbons (Fsp3) is 0.455. The van der Waals surface area contributed by atoms with Gasteiger partial charge < -0.3 is 24.1 Å². The lowest BCUT2D eigenvalue weighted by atomic mass is 10.0. The summed E-state index contributed by atoms with van der Waals surface area (Å²) in [6.45, 7) is 10.3. The topological polar surface area (TPSA) is 107 Å². The number of hydrogen-bond donors (Lipinski definition) is 1. The van der Waals surface area contributed by atoms with E-state index in [9.17, 15) is 14.0 Å². The van der Waals surface area contributed by atoms with Crippen LogP contribution in [-0.2, 0) is 9.53 Å². The second-order valence-electron chi connectivity index (χ2n) is 8.60. The molecule has 11 heteroatoms. The number of carbonyl (C=O) groups is 2. The van der Waals surface area contributed by atoms with E-state index in [4.69, 9.17) is 25.5 Å². The van der Waals surface area contributed by atoms with Gasteiger partial charge in [-0.25, -0.2) is 9.18 Å². The van der Waals surface area contributed by atoms with E-state index >= 15 is 0 Å². The van der Waals surface area contributed by atoms with E-state index in [1.165, 1.54) is 12.1 Å². The maximum atomic E-state index is 13.4. The molecule has 0 atom stereocenters. The molecule has 1 fully saturated rings. The molecule has 2 amide bonds. The molecule has 1 aliphatic rings. The smallest absolute Gasteiger partial charge is 0.410 e. The first-order chi connectivity index (χ1) is 15.5. The molecule has 2 heterocycles. The Balaban J connectivity index is 1.37. The number of nitrogens with zero attached hydrogens (tertiary/aromatic N) is 3. The number of carbonyl (C=O) groups excluding carboxylic acids is 2. The number of aromatic nitrogens is 2. The number of rotatable bonds is 8. The van der Waals surface area contributed by atoms with Gasteiger partial charge in [0.15, 0.2) is 6.61 Å². The molecule has 3 rings (SSSR count). The molecule has 0 unspecified atom stereocenters. The van der Waals surface area contributed by atoms with E-state index in [1.54, 1.807) is 4.90 Å². The molecular weight excluding hydrogens is 455 g/mol. The Hall–Kier alpha value is -3.14. The first-order valence-corrected chi connectivity index (χ1v) is 10.7. The second-order valence-corrected chi connectivity index (χ2v) is 9.00. The van der Waals surface area contributed by atoms with Crippen LogP contribution in [0.2, 0.25) is 5.02 Å². The van der Waals surface area contributed by atoms with Crippen LogP contribution in [0, 0.1) is 5.82 Å². The van der Waals surface area contributed by atoms with Crippen molar-refractivity contribution in [2.45, 2.75) is 38.7 Å². The largest absolute Gasteiger partial charge is 0.484 e. The van der Waals surface area contributed by atoms with Gasteiger partial charge in [0.2, 0.25) is 11.8 Å². The molecule has 1 aromatic carbocycles. The summed E-state index contributed by atoms with van der Waals surface area (Å²) in [4.78, 5) is 25.5. The molecule has 0 radical (unpaired) electrons. The number of benzene rings is 1. The van der Waals surface area contributed by atoms with E-state index < -0.39 is 11.4 Å². The Bertz CT molecular complexity index is 1030. The molecule has 9 nitrogen and oxygen atoms in total. The summed E-state index contributed by atoms with van der Waals surface area (Å²) in [6, 6.07) is 3.94. The Morgan fingerprint density at radius 2 is 2.06 bits per heavy atom. The summed E-state index contributed by atoms with van der Waals surface area (Å²) >= 11 is 5.61.